The molecule has 0 aliphatic carbocycles. The number of anilines is 2. The zero-order valence-corrected chi connectivity index (χ0v) is 11.4. The van der Waals surface area contributed by atoms with Crippen LogP contribution in [0.3, 0.4) is 0 Å². The maximum Gasteiger partial charge on any atom is 0.168 e. The molecule has 0 unspecified atom stereocenters. The number of thiocarbonyl (C=S) groups is 1. The van der Waals surface area contributed by atoms with Crippen LogP contribution in [-0.4, -0.2) is 31.9 Å². The molecule has 0 saturated carbocycles. The first-order valence-electron chi connectivity index (χ1n) is 6.14. The van der Waals surface area contributed by atoms with Crippen LogP contribution in [0.1, 0.15) is 12.0 Å². The van der Waals surface area contributed by atoms with E-state index in [-0.39, 0.29) is 0 Å². The van der Waals surface area contributed by atoms with Crippen molar-refractivity contribution in [1.82, 2.24) is 0 Å². The summed E-state index contributed by atoms with van der Waals surface area (Å²) in [4.78, 5) is 2.35. The van der Waals surface area contributed by atoms with Crippen molar-refractivity contribution in [1.29, 1.82) is 0 Å². The van der Waals surface area contributed by atoms with Crippen molar-refractivity contribution in [2.45, 2.75) is 12.8 Å². The third-order valence-corrected chi connectivity index (χ3v) is 3.24. The van der Waals surface area contributed by atoms with Gasteiger partial charge in [-0.05, 0) is 42.8 Å². The van der Waals surface area contributed by atoms with Crippen LogP contribution in [0.15, 0.2) is 18.2 Å². The average Bonchev–Trinajstić information content (AvgIpc) is 2.35. The van der Waals surface area contributed by atoms with Crippen LogP contribution in [0.25, 0.3) is 0 Å². The summed E-state index contributed by atoms with van der Waals surface area (Å²) in [5, 5.41) is 3.28. The minimum atomic E-state index is 0.300. The van der Waals surface area contributed by atoms with Crippen molar-refractivity contribution in [3.05, 3.63) is 23.8 Å². The van der Waals surface area contributed by atoms with Crippen LogP contribution in [0.5, 0.6) is 0 Å². The minimum absolute atomic E-state index is 0.300. The van der Waals surface area contributed by atoms with Gasteiger partial charge in [0.15, 0.2) is 5.11 Å². The Hall–Kier alpha value is -1.33. The second-order valence-electron chi connectivity index (χ2n) is 4.42. The fourth-order valence-electron chi connectivity index (χ4n) is 2.30. The average molecular weight is 265 g/mol. The van der Waals surface area contributed by atoms with E-state index in [4.69, 9.17) is 22.7 Å². The molecule has 0 saturated heterocycles. The largest absolute Gasteiger partial charge is 0.383 e. The van der Waals surface area contributed by atoms with Gasteiger partial charge in [0.1, 0.15) is 0 Å². The highest BCUT2D eigenvalue weighted by molar-refractivity contribution is 7.80. The van der Waals surface area contributed by atoms with E-state index in [0.717, 1.165) is 31.8 Å². The summed E-state index contributed by atoms with van der Waals surface area (Å²) < 4.78 is 5.16. The number of nitrogens with two attached hydrogens (primary N) is 1. The maximum absolute atomic E-state index is 5.50. The van der Waals surface area contributed by atoms with Crippen molar-refractivity contribution in [2.24, 2.45) is 5.73 Å². The molecule has 0 atom stereocenters. The van der Waals surface area contributed by atoms with E-state index in [0.29, 0.717) is 5.11 Å². The molecular weight excluding hydrogens is 246 g/mol. The van der Waals surface area contributed by atoms with Crippen molar-refractivity contribution >= 4 is 28.7 Å². The third-order valence-electron chi connectivity index (χ3n) is 3.13. The summed E-state index contributed by atoms with van der Waals surface area (Å²) in [5.41, 5.74) is 9.10. The molecule has 0 bridgehead atoms. The summed E-state index contributed by atoms with van der Waals surface area (Å²) in [6.07, 6.45) is 2.32. The number of hydrogen-bond donors (Lipinski definition) is 2. The molecule has 18 heavy (non-hydrogen) atoms. The number of hydrogen-bond acceptors (Lipinski definition) is 3. The summed E-state index contributed by atoms with van der Waals surface area (Å²) in [6.45, 7) is 2.74. The van der Waals surface area contributed by atoms with Crippen LogP contribution < -0.4 is 16.0 Å². The van der Waals surface area contributed by atoms with Crippen molar-refractivity contribution in [3.8, 4) is 0 Å². The molecule has 0 aromatic heterocycles. The lowest BCUT2D eigenvalue weighted by Crippen LogP contribution is -2.32. The molecule has 98 valence electrons. The Balaban J connectivity index is 2.20. The molecule has 0 fully saturated rings. The Bertz CT molecular complexity index is 436. The normalized spacial score (nSPS) is 14.2. The number of fused-ring (bicyclic) bond motifs is 1. The number of nitrogens with one attached hydrogen (secondary N) is 1. The van der Waals surface area contributed by atoms with Gasteiger partial charge in [-0.1, -0.05) is 6.07 Å². The molecule has 5 heteroatoms. The van der Waals surface area contributed by atoms with E-state index in [1.54, 1.807) is 7.11 Å². The van der Waals surface area contributed by atoms with Crippen LogP contribution in [-0.2, 0) is 11.2 Å². The van der Waals surface area contributed by atoms with Gasteiger partial charge in [0.05, 0.1) is 6.61 Å². The quantitative estimate of drug-likeness (QED) is 0.812. The molecule has 1 heterocycles. The number of benzene rings is 1. The standard InChI is InChI=1S/C13H19N3OS/c1-17-8-7-16-6-2-3-10-4-5-11(9-12(10)16)15-13(14)18/h4-5,9H,2-3,6-8H2,1H3,(H3,14,15,18). The Morgan fingerprint density at radius 2 is 2.39 bits per heavy atom. The SMILES string of the molecule is COCCN1CCCc2ccc(NC(N)=S)cc21. The highest BCUT2D eigenvalue weighted by Gasteiger charge is 2.16. The lowest BCUT2D eigenvalue weighted by Gasteiger charge is -2.31. The highest BCUT2D eigenvalue weighted by Crippen LogP contribution is 2.29. The molecule has 3 N–H and O–H groups in total. The monoisotopic (exact) mass is 265 g/mol. The Labute approximate surface area is 113 Å². The van der Waals surface area contributed by atoms with Crippen molar-refractivity contribution in [3.63, 3.8) is 0 Å². The molecule has 0 spiro atoms. The molecule has 1 aliphatic rings. The maximum atomic E-state index is 5.50. The lowest BCUT2D eigenvalue weighted by molar-refractivity contribution is 0.205. The highest BCUT2D eigenvalue weighted by atomic mass is 32.1. The second-order valence-corrected chi connectivity index (χ2v) is 4.86. The van der Waals surface area contributed by atoms with Crippen LogP contribution >= 0.6 is 12.2 Å². The predicted molar refractivity (Wildman–Crippen MR) is 79.3 cm³/mol. The topological polar surface area (TPSA) is 50.5 Å². The van der Waals surface area contributed by atoms with E-state index in [1.807, 2.05) is 6.07 Å². The lowest BCUT2D eigenvalue weighted by atomic mass is 10.0. The van der Waals surface area contributed by atoms with Gasteiger partial charge in [0.25, 0.3) is 0 Å². The molecule has 1 aliphatic heterocycles. The van der Waals surface area contributed by atoms with Gasteiger partial charge < -0.3 is 20.7 Å². The molecule has 1 aromatic rings. The first-order valence-corrected chi connectivity index (χ1v) is 6.55. The Morgan fingerprint density at radius 1 is 1.56 bits per heavy atom. The third kappa shape index (κ3) is 3.11. The fourth-order valence-corrected chi connectivity index (χ4v) is 2.42. The summed E-state index contributed by atoms with van der Waals surface area (Å²) in [7, 11) is 1.73. The van der Waals surface area contributed by atoms with Crippen LogP contribution in [0.4, 0.5) is 11.4 Å². The summed E-state index contributed by atoms with van der Waals surface area (Å²) in [5.74, 6) is 0. The molecule has 0 radical (unpaired) electrons. The molecule has 4 nitrogen and oxygen atoms in total. The van der Waals surface area contributed by atoms with Crippen LogP contribution in [0, 0.1) is 0 Å². The first-order chi connectivity index (χ1) is 8.70. The zero-order valence-electron chi connectivity index (χ0n) is 10.6. The molecule has 0 amide bonds. The van der Waals surface area contributed by atoms with Gasteiger partial charge in [0, 0.05) is 31.6 Å². The summed E-state index contributed by atoms with van der Waals surface area (Å²) >= 11 is 4.86. The summed E-state index contributed by atoms with van der Waals surface area (Å²) in [6, 6.07) is 6.29. The second kappa shape index (κ2) is 6.02. The van der Waals surface area contributed by atoms with E-state index in [2.05, 4.69) is 22.3 Å². The van der Waals surface area contributed by atoms with Gasteiger partial charge in [-0.15, -0.1) is 0 Å². The van der Waals surface area contributed by atoms with E-state index in [9.17, 15) is 0 Å². The van der Waals surface area contributed by atoms with Gasteiger partial charge in [-0.3, -0.25) is 0 Å². The smallest absolute Gasteiger partial charge is 0.168 e. The molecule has 2 rings (SSSR count). The van der Waals surface area contributed by atoms with E-state index in [1.165, 1.54) is 17.7 Å². The fraction of sp³-hybridized carbons (Fsp3) is 0.462. The molecule has 1 aromatic carbocycles. The Kier molecular flexibility index (Phi) is 4.38. The number of nitrogens with zero attached hydrogens (tertiary/aromatic N) is 1. The predicted octanol–water partition coefficient (Wildman–Crippen LogP) is 1.74. The molecular formula is C13H19N3OS. The van der Waals surface area contributed by atoms with E-state index < -0.39 is 0 Å². The first kappa shape index (κ1) is 13.1. The number of rotatable bonds is 4. The van der Waals surface area contributed by atoms with Crippen LogP contribution in [0.2, 0.25) is 0 Å². The van der Waals surface area contributed by atoms with Gasteiger partial charge in [-0.2, -0.15) is 0 Å². The number of methoxy groups -OCH3 is 1. The zero-order chi connectivity index (χ0) is 13.0. The van der Waals surface area contributed by atoms with Crippen molar-refractivity contribution < 1.29 is 4.74 Å². The van der Waals surface area contributed by atoms with Gasteiger partial charge >= 0.3 is 0 Å². The van der Waals surface area contributed by atoms with E-state index >= 15 is 0 Å². The Morgan fingerprint density at radius 3 is 3.11 bits per heavy atom. The van der Waals surface area contributed by atoms with Crippen molar-refractivity contribution in [2.75, 3.05) is 37.0 Å². The number of ether oxygens (including phenoxy) is 1. The van der Waals surface area contributed by atoms with Gasteiger partial charge in [-0.25, -0.2) is 0 Å². The number of aryl methyl sites for hydroxylation is 1. The minimum Gasteiger partial charge on any atom is -0.383 e. The van der Waals surface area contributed by atoms with Gasteiger partial charge in [0.2, 0.25) is 0 Å².